The van der Waals surface area contributed by atoms with Crippen LogP contribution >= 0.6 is 11.3 Å². The average molecular weight is 310 g/mol. The first-order valence-corrected chi connectivity index (χ1v) is 8.70. The van der Waals surface area contributed by atoms with Crippen LogP contribution in [0.5, 0.6) is 0 Å². The fraction of sp³-hybridized carbons (Fsp3) is 0.733. The van der Waals surface area contributed by atoms with Crippen molar-refractivity contribution < 1.29 is 4.79 Å². The normalized spacial score (nSPS) is 16.9. The highest BCUT2D eigenvalue weighted by Gasteiger charge is 2.32. The van der Waals surface area contributed by atoms with E-state index in [9.17, 15) is 4.79 Å². The topological polar surface area (TPSA) is 80.0 Å². The molecule has 0 bridgehead atoms. The van der Waals surface area contributed by atoms with Gasteiger partial charge >= 0.3 is 0 Å². The molecule has 0 radical (unpaired) electrons. The molecule has 1 aromatic heterocycles. The zero-order chi connectivity index (χ0) is 15.3. The van der Waals surface area contributed by atoms with Gasteiger partial charge in [-0.05, 0) is 31.1 Å². The van der Waals surface area contributed by atoms with Crippen LogP contribution < -0.4 is 16.4 Å². The molecule has 5 nitrogen and oxygen atoms in total. The van der Waals surface area contributed by atoms with Crippen molar-refractivity contribution in [1.82, 2.24) is 10.3 Å². The Bertz CT molecular complexity index is 480. The minimum Gasteiger partial charge on any atom is -0.382 e. The summed E-state index contributed by atoms with van der Waals surface area (Å²) < 4.78 is 0. The van der Waals surface area contributed by atoms with E-state index in [1.54, 1.807) is 0 Å². The Morgan fingerprint density at radius 3 is 2.71 bits per heavy atom. The van der Waals surface area contributed by atoms with Crippen LogP contribution in [0.1, 0.15) is 62.0 Å². The Kier molecular flexibility index (Phi) is 5.45. The molecule has 0 aliphatic heterocycles. The second-order valence-electron chi connectivity index (χ2n) is 5.90. The molecule has 1 heterocycles. The van der Waals surface area contributed by atoms with Crippen molar-refractivity contribution in [3.05, 3.63) is 4.88 Å². The van der Waals surface area contributed by atoms with Gasteiger partial charge in [-0.25, -0.2) is 4.98 Å². The number of hydrogen-bond donors (Lipinski definition) is 3. The lowest BCUT2D eigenvalue weighted by Crippen LogP contribution is -2.35. The number of nitrogens with two attached hydrogens (primary N) is 1. The molecule has 0 aromatic carbocycles. The summed E-state index contributed by atoms with van der Waals surface area (Å²) in [5.41, 5.74) is 6.15. The third kappa shape index (κ3) is 3.87. The third-order valence-electron chi connectivity index (χ3n) is 4.42. The Morgan fingerprint density at radius 2 is 2.10 bits per heavy atom. The number of carbonyl (C=O) groups is 1. The number of nitrogen functional groups attached to an aromatic ring is 1. The standard InChI is InChI=1S/C15H26N4OS/c1-3-9-17-14-19-12(16)11(21-14)13(20)18-10-15(4-2)7-5-6-8-15/h3-10,16H2,1-2H3,(H,17,19)(H,18,20). The maximum absolute atomic E-state index is 12.3. The minimum atomic E-state index is -0.0886. The highest BCUT2D eigenvalue weighted by Crippen LogP contribution is 2.40. The molecule has 2 rings (SSSR count). The summed E-state index contributed by atoms with van der Waals surface area (Å²) in [4.78, 5) is 17.1. The zero-order valence-electron chi connectivity index (χ0n) is 13.0. The van der Waals surface area contributed by atoms with Gasteiger partial charge in [0.25, 0.3) is 5.91 Å². The first-order valence-electron chi connectivity index (χ1n) is 7.88. The molecule has 1 aliphatic rings. The zero-order valence-corrected chi connectivity index (χ0v) is 13.8. The van der Waals surface area contributed by atoms with Crippen LogP contribution in [0.2, 0.25) is 0 Å². The SMILES string of the molecule is CCCNc1nc(N)c(C(=O)NCC2(CC)CCCC2)s1. The predicted molar refractivity (Wildman–Crippen MR) is 88.8 cm³/mol. The van der Waals surface area contributed by atoms with Crippen molar-refractivity contribution >= 4 is 28.2 Å². The summed E-state index contributed by atoms with van der Waals surface area (Å²) in [6.07, 6.45) is 7.11. The van der Waals surface area contributed by atoms with E-state index in [0.29, 0.717) is 16.1 Å². The highest BCUT2D eigenvalue weighted by atomic mass is 32.1. The molecule has 21 heavy (non-hydrogen) atoms. The molecule has 0 unspecified atom stereocenters. The van der Waals surface area contributed by atoms with Crippen molar-refractivity contribution in [2.75, 3.05) is 24.1 Å². The van der Waals surface area contributed by atoms with Crippen LogP contribution in [0.25, 0.3) is 0 Å². The van der Waals surface area contributed by atoms with Gasteiger partial charge in [-0.15, -0.1) is 0 Å². The lowest BCUT2D eigenvalue weighted by molar-refractivity contribution is 0.0933. The van der Waals surface area contributed by atoms with Gasteiger partial charge in [0.1, 0.15) is 10.7 Å². The molecule has 6 heteroatoms. The van der Waals surface area contributed by atoms with E-state index >= 15 is 0 Å². The summed E-state index contributed by atoms with van der Waals surface area (Å²) >= 11 is 1.34. The van der Waals surface area contributed by atoms with Crippen molar-refractivity contribution in [3.63, 3.8) is 0 Å². The Labute approximate surface area is 130 Å². The van der Waals surface area contributed by atoms with Crippen molar-refractivity contribution in [2.45, 2.75) is 52.4 Å². The fourth-order valence-electron chi connectivity index (χ4n) is 2.93. The van der Waals surface area contributed by atoms with Gasteiger partial charge in [0.2, 0.25) is 0 Å². The van der Waals surface area contributed by atoms with Gasteiger partial charge in [-0.2, -0.15) is 0 Å². The van der Waals surface area contributed by atoms with Crippen molar-refractivity contribution in [2.24, 2.45) is 5.41 Å². The van der Waals surface area contributed by atoms with Crippen LogP contribution in [-0.4, -0.2) is 24.0 Å². The molecule has 1 aromatic rings. The van der Waals surface area contributed by atoms with Crippen LogP contribution in [0.4, 0.5) is 10.9 Å². The Hall–Kier alpha value is -1.30. The fourth-order valence-corrected chi connectivity index (χ4v) is 3.76. The molecular weight excluding hydrogens is 284 g/mol. The summed E-state index contributed by atoms with van der Waals surface area (Å²) in [6, 6.07) is 0. The van der Waals surface area contributed by atoms with E-state index in [1.165, 1.54) is 37.0 Å². The van der Waals surface area contributed by atoms with E-state index in [0.717, 1.165) is 31.1 Å². The molecule has 1 saturated carbocycles. The smallest absolute Gasteiger partial charge is 0.265 e. The molecule has 0 atom stereocenters. The first-order chi connectivity index (χ1) is 10.1. The van der Waals surface area contributed by atoms with E-state index < -0.39 is 0 Å². The number of anilines is 2. The number of nitrogens with zero attached hydrogens (tertiary/aromatic N) is 1. The van der Waals surface area contributed by atoms with Crippen molar-refractivity contribution in [1.29, 1.82) is 0 Å². The number of thiazole rings is 1. The molecule has 0 spiro atoms. The van der Waals surface area contributed by atoms with Gasteiger partial charge < -0.3 is 16.4 Å². The van der Waals surface area contributed by atoms with Gasteiger partial charge in [0, 0.05) is 13.1 Å². The quantitative estimate of drug-likeness (QED) is 0.722. The summed E-state index contributed by atoms with van der Waals surface area (Å²) in [5, 5.41) is 6.97. The number of aromatic nitrogens is 1. The monoisotopic (exact) mass is 310 g/mol. The van der Waals surface area contributed by atoms with Crippen LogP contribution in [0.3, 0.4) is 0 Å². The largest absolute Gasteiger partial charge is 0.382 e. The lowest BCUT2D eigenvalue weighted by Gasteiger charge is -2.27. The summed E-state index contributed by atoms with van der Waals surface area (Å²) in [7, 11) is 0. The average Bonchev–Trinajstić information content (AvgIpc) is 3.10. The number of hydrogen-bond acceptors (Lipinski definition) is 5. The Morgan fingerprint density at radius 1 is 1.38 bits per heavy atom. The van der Waals surface area contributed by atoms with Crippen molar-refractivity contribution in [3.8, 4) is 0 Å². The second-order valence-corrected chi connectivity index (χ2v) is 6.90. The number of amides is 1. The molecular formula is C15H26N4OS. The summed E-state index contributed by atoms with van der Waals surface area (Å²) in [6.45, 7) is 5.89. The molecule has 118 valence electrons. The van der Waals surface area contributed by atoms with Gasteiger partial charge in [-0.1, -0.05) is 38.0 Å². The molecule has 4 N–H and O–H groups in total. The Balaban J connectivity index is 1.95. The highest BCUT2D eigenvalue weighted by molar-refractivity contribution is 7.18. The van der Waals surface area contributed by atoms with E-state index in [2.05, 4.69) is 29.5 Å². The third-order valence-corrected chi connectivity index (χ3v) is 5.45. The molecule has 1 amide bonds. The minimum absolute atomic E-state index is 0.0886. The number of carbonyl (C=O) groups excluding carboxylic acids is 1. The van der Waals surface area contributed by atoms with Gasteiger partial charge in [0.15, 0.2) is 5.13 Å². The maximum atomic E-state index is 12.3. The molecule has 1 aliphatic carbocycles. The van der Waals surface area contributed by atoms with Gasteiger partial charge in [0.05, 0.1) is 0 Å². The predicted octanol–water partition coefficient (Wildman–Crippen LogP) is 3.25. The van der Waals surface area contributed by atoms with E-state index in [-0.39, 0.29) is 5.91 Å². The van der Waals surface area contributed by atoms with E-state index in [4.69, 9.17) is 5.73 Å². The molecule has 0 saturated heterocycles. The number of nitrogens with one attached hydrogen (secondary N) is 2. The lowest BCUT2D eigenvalue weighted by atomic mass is 9.83. The number of rotatable bonds is 7. The summed E-state index contributed by atoms with van der Waals surface area (Å²) in [5.74, 6) is 0.238. The molecule has 1 fully saturated rings. The van der Waals surface area contributed by atoms with Crippen LogP contribution in [0.15, 0.2) is 0 Å². The van der Waals surface area contributed by atoms with Crippen LogP contribution in [-0.2, 0) is 0 Å². The van der Waals surface area contributed by atoms with Gasteiger partial charge in [-0.3, -0.25) is 4.79 Å². The second kappa shape index (κ2) is 7.11. The first kappa shape index (κ1) is 16.1. The van der Waals surface area contributed by atoms with Crippen LogP contribution in [0, 0.1) is 5.41 Å². The maximum Gasteiger partial charge on any atom is 0.265 e. The van der Waals surface area contributed by atoms with E-state index in [1.807, 2.05) is 0 Å².